The average molecular weight is 348 g/mol. The number of piperidine rings is 1. The molecule has 3 nitrogen and oxygen atoms in total. The third kappa shape index (κ3) is 2.83. The summed E-state index contributed by atoms with van der Waals surface area (Å²) in [4.78, 5) is 0.315. The topological polar surface area (TPSA) is 37.4 Å². The van der Waals surface area contributed by atoms with Gasteiger partial charge in [-0.2, -0.15) is 4.31 Å². The molecule has 0 bridgehead atoms. The van der Waals surface area contributed by atoms with E-state index in [1.54, 1.807) is 22.5 Å². The number of nitrogens with zero attached hydrogens (tertiary/aromatic N) is 1. The predicted octanol–water partition coefficient (Wildman–Crippen LogP) is 4.03. The first-order valence-electron chi connectivity index (χ1n) is 7.40. The molecular formula is C15H19Cl2NO2S. The van der Waals surface area contributed by atoms with Crippen LogP contribution in [0.2, 0.25) is 5.02 Å². The van der Waals surface area contributed by atoms with Crippen molar-refractivity contribution in [3.05, 3.63) is 28.8 Å². The summed E-state index contributed by atoms with van der Waals surface area (Å²) in [5.41, 5.74) is 0.666. The Morgan fingerprint density at radius 1 is 1.19 bits per heavy atom. The van der Waals surface area contributed by atoms with E-state index in [1.165, 1.54) is 0 Å². The summed E-state index contributed by atoms with van der Waals surface area (Å²) in [7, 11) is -3.45. The van der Waals surface area contributed by atoms with Crippen LogP contribution in [-0.2, 0) is 15.9 Å². The van der Waals surface area contributed by atoms with Crippen molar-refractivity contribution in [2.45, 2.75) is 48.9 Å². The molecule has 0 amide bonds. The van der Waals surface area contributed by atoms with Gasteiger partial charge < -0.3 is 0 Å². The number of rotatable bonds is 3. The van der Waals surface area contributed by atoms with Gasteiger partial charge >= 0.3 is 0 Å². The number of fused-ring (bicyclic) bond motifs is 1. The molecular weight excluding hydrogens is 329 g/mol. The van der Waals surface area contributed by atoms with Crippen molar-refractivity contribution >= 4 is 33.2 Å². The van der Waals surface area contributed by atoms with Crippen LogP contribution in [0.5, 0.6) is 0 Å². The minimum absolute atomic E-state index is 0.180. The van der Waals surface area contributed by atoms with Crippen molar-refractivity contribution in [2.75, 3.05) is 6.54 Å². The van der Waals surface area contributed by atoms with Crippen molar-refractivity contribution in [1.29, 1.82) is 0 Å². The highest BCUT2D eigenvalue weighted by Gasteiger charge is 2.41. The predicted molar refractivity (Wildman–Crippen MR) is 85.3 cm³/mol. The van der Waals surface area contributed by atoms with E-state index in [2.05, 4.69) is 0 Å². The molecule has 1 aliphatic heterocycles. The summed E-state index contributed by atoms with van der Waals surface area (Å²) >= 11 is 11.9. The molecule has 116 valence electrons. The minimum atomic E-state index is -3.45. The van der Waals surface area contributed by atoms with Crippen LogP contribution in [0.25, 0.3) is 0 Å². The molecule has 1 aromatic rings. The van der Waals surface area contributed by atoms with Crippen LogP contribution in [0.15, 0.2) is 23.1 Å². The standard InChI is InChI=1S/C15H19Cl2NO2S/c16-10-12-9-13(6-7-14(12)17)21(19,20)18-8-2-4-11-3-1-5-15(11)18/h6-7,9,11,15H,1-5,8,10H2. The second kappa shape index (κ2) is 6.07. The van der Waals surface area contributed by atoms with Crippen LogP contribution in [-0.4, -0.2) is 25.3 Å². The van der Waals surface area contributed by atoms with Gasteiger partial charge in [0.25, 0.3) is 0 Å². The van der Waals surface area contributed by atoms with Crippen molar-refractivity contribution in [2.24, 2.45) is 5.92 Å². The zero-order chi connectivity index (χ0) is 15.0. The molecule has 1 heterocycles. The van der Waals surface area contributed by atoms with E-state index in [9.17, 15) is 8.42 Å². The van der Waals surface area contributed by atoms with Crippen molar-refractivity contribution in [1.82, 2.24) is 4.31 Å². The third-order valence-electron chi connectivity index (χ3n) is 4.71. The van der Waals surface area contributed by atoms with Crippen LogP contribution >= 0.6 is 23.2 Å². The summed E-state index contributed by atoms with van der Waals surface area (Å²) in [6.45, 7) is 0.627. The van der Waals surface area contributed by atoms with E-state index in [-0.39, 0.29) is 11.9 Å². The van der Waals surface area contributed by atoms with Crippen molar-refractivity contribution in [3.63, 3.8) is 0 Å². The Bertz CT molecular complexity index is 633. The zero-order valence-electron chi connectivity index (χ0n) is 11.8. The van der Waals surface area contributed by atoms with E-state index < -0.39 is 10.0 Å². The SMILES string of the molecule is O=S(=O)(c1ccc(Cl)c(CCl)c1)N1CCCC2CCCC21. The number of benzene rings is 1. The average Bonchev–Trinajstić information content (AvgIpc) is 2.95. The molecule has 1 aliphatic carbocycles. The number of halogens is 2. The van der Waals surface area contributed by atoms with Gasteiger partial charge in [0, 0.05) is 23.5 Å². The lowest BCUT2D eigenvalue weighted by Gasteiger charge is -2.36. The lowest BCUT2D eigenvalue weighted by molar-refractivity contribution is 0.202. The Kier molecular flexibility index (Phi) is 4.51. The monoisotopic (exact) mass is 347 g/mol. The van der Waals surface area contributed by atoms with Crippen molar-refractivity contribution in [3.8, 4) is 0 Å². The van der Waals surface area contributed by atoms with Gasteiger partial charge in [-0.15, -0.1) is 11.6 Å². The Morgan fingerprint density at radius 3 is 2.71 bits per heavy atom. The van der Waals surface area contributed by atoms with Crippen LogP contribution in [0.1, 0.15) is 37.7 Å². The largest absolute Gasteiger partial charge is 0.243 e. The first-order valence-corrected chi connectivity index (χ1v) is 9.75. The summed E-state index contributed by atoms with van der Waals surface area (Å²) in [6, 6.07) is 5.01. The molecule has 6 heteroatoms. The van der Waals surface area contributed by atoms with Gasteiger partial charge in [0.1, 0.15) is 0 Å². The third-order valence-corrected chi connectivity index (χ3v) is 7.29. The second-order valence-corrected chi connectivity index (χ2v) is 8.47. The Morgan fingerprint density at radius 2 is 1.95 bits per heavy atom. The molecule has 0 radical (unpaired) electrons. The van der Waals surface area contributed by atoms with Crippen LogP contribution in [0.3, 0.4) is 0 Å². The number of hydrogen-bond donors (Lipinski definition) is 0. The maximum Gasteiger partial charge on any atom is 0.243 e. The molecule has 0 aromatic heterocycles. The Hall–Kier alpha value is -0.290. The quantitative estimate of drug-likeness (QED) is 0.774. The lowest BCUT2D eigenvalue weighted by Crippen LogP contribution is -2.46. The highest BCUT2D eigenvalue weighted by atomic mass is 35.5. The summed E-state index contributed by atoms with van der Waals surface area (Å²) in [5.74, 6) is 0.752. The first kappa shape index (κ1) is 15.6. The zero-order valence-corrected chi connectivity index (χ0v) is 14.1. The molecule has 2 unspecified atom stereocenters. The molecule has 1 aromatic carbocycles. The summed E-state index contributed by atoms with van der Waals surface area (Å²) in [6.07, 6.45) is 5.39. The van der Waals surface area contributed by atoms with Gasteiger partial charge in [0.2, 0.25) is 10.0 Å². The van der Waals surface area contributed by atoms with Gasteiger partial charge in [-0.05, 0) is 55.4 Å². The van der Waals surface area contributed by atoms with Gasteiger partial charge in [0.05, 0.1) is 4.90 Å². The normalized spacial score (nSPS) is 26.8. The Labute approximate surface area is 136 Å². The molecule has 0 N–H and O–H groups in total. The van der Waals surface area contributed by atoms with Crippen LogP contribution in [0, 0.1) is 5.92 Å². The van der Waals surface area contributed by atoms with Crippen molar-refractivity contribution < 1.29 is 8.42 Å². The Balaban J connectivity index is 1.96. The molecule has 0 spiro atoms. The van der Waals surface area contributed by atoms with E-state index in [1.807, 2.05) is 0 Å². The number of alkyl halides is 1. The highest BCUT2D eigenvalue weighted by molar-refractivity contribution is 7.89. The fourth-order valence-electron chi connectivity index (χ4n) is 3.66. The maximum atomic E-state index is 12.9. The van der Waals surface area contributed by atoms with Gasteiger partial charge in [-0.25, -0.2) is 8.42 Å². The van der Waals surface area contributed by atoms with Gasteiger partial charge in [-0.3, -0.25) is 0 Å². The van der Waals surface area contributed by atoms with Gasteiger partial charge in [0.15, 0.2) is 0 Å². The fraction of sp³-hybridized carbons (Fsp3) is 0.600. The van der Waals surface area contributed by atoms with E-state index in [4.69, 9.17) is 23.2 Å². The summed E-state index contributed by atoms with van der Waals surface area (Å²) in [5, 5.41) is 0.515. The minimum Gasteiger partial charge on any atom is -0.207 e. The van der Waals surface area contributed by atoms with E-state index in [0.717, 1.165) is 32.1 Å². The second-order valence-electron chi connectivity index (χ2n) is 5.90. The molecule has 1 saturated carbocycles. The molecule has 21 heavy (non-hydrogen) atoms. The number of hydrogen-bond acceptors (Lipinski definition) is 2. The van der Waals surface area contributed by atoms with Crippen LogP contribution < -0.4 is 0 Å². The molecule has 1 saturated heterocycles. The highest BCUT2D eigenvalue weighted by Crippen LogP contribution is 2.39. The lowest BCUT2D eigenvalue weighted by atomic mass is 9.94. The van der Waals surface area contributed by atoms with E-state index in [0.29, 0.717) is 27.9 Å². The molecule has 3 rings (SSSR count). The van der Waals surface area contributed by atoms with Gasteiger partial charge in [-0.1, -0.05) is 18.0 Å². The molecule has 2 aliphatic rings. The fourth-order valence-corrected chi connectivity index (χ4v) is 5.94. The maximum absolute atomic E-state index is 12.9. The number of sulfonamides is 1. The molecule has 2 atom stereocenters. The van der Waals surface area contributed by atoms with E-state index >= 15 is 0 Å². The molecule has 2 fully saturated rings. The summed E-state index contributed by atoms with van der Waals surface area (Å²) < 4.78 is 27.6. The smallest absolute Gasteiger partial charge is 0.207 e. The first-order chi connectivity index (χ1) is 10.0. The van der Waals surface area contributed by atoms with Crippen LogP contribution in [0.4, 0.5) is 0 Å².